The molecule has 1 aliphatic rings. The average Bonchev–Trinajstić information content (AvgIpc) is 2.52. The largest absolute Gasteiger partial charge is 0.331 e. The lowest BCUT2D eigenvalue weighted by Crippen LogP contribution is -2.39. The molecule has 1 unspecified atom stereocenters. The summed E-state index contributed by atoms with van der Waals surface area (Å²) in [5, 5.41) is 0. The topological polar surface area (TPSA) is 63.4 Å². The van der Waals surface area contributed by atoms with Gasteiger partial charge in [-0.2, -0.15) is 0 Å². The number of amides is 1. The van der Waals surface area contributed by atoms with Crippen LogP contribution in [0.4, 0.5) is 0 Å². The Morgan fingerprint density at radius 2 is 2.00 bits per heavy atom. The van der Waals surface area contributed by atoms with E-state index in [0.29, 0.717) is 18.5 Å². The Hall–Kier alpha value is -1.68. The SMILES string of the molecule is NC1CCCN(C(=O)c2ccccc2)CC1=O. The Morgan fingerprint density at radius 1 is 1.29 bits per heavy atom. The Morgan fingerprint density at radius 3 is 2.71 bits per heavy atom. The lowest BCUT2D eigenvalue weighted by Gasteiger charge is -2.19. The van der Waals surface area contributed by atoms with Crippen molar-refractivity contribution in [2.45, 2.75) is 18.9 Å². The number of hydrogen-bond donors (Lipinski definition) is 1. The molecule has 1 aromatic carbocycles. The van der Waals surface area contributed by atoms with Gasteiger partial charge in [-0.1, -0.05) is 18.2 Å². The Kier molecular flexibility index (Phi) is 3.54. The summed E-state index contributed by atoms with van der Waals surface area (Å²) in [6.45, 7) is 0.738. The Labute approximate surface area is 100 Å². The highest BCUT2D eigenvalue weighted by molar-refractivity contribution is 5.97. The highest BCUT2D eigenvalue weighted by Gasteiger charge is 2.25. The van der Waals surface area contributed by atoms with Gasteiger partial charge in [0.1, 0.15) is 0 Å². The molecule has 4 nitrogen and oxygen atoms in total. The quantitative estimate of drug-likeness (QED) is 0.779. The molecule has 17 heavy (non-hydrogen) atoms. The molecule has 0 radical (unpaired) electrons. The van der Waals surface area contributed by atoms with E-state index in [2.05, 4.69) is 0 Å². The van der Waals surface area contributed by atoms with Gasteiger partial charge >= 0.3 is 0 Å². The molecule has 1 aliphatic heterocycles. The van der Waals surface area contributed by atoms with Crippen LogP contribution in [0.15, 0.2) is 30.3 Å². The van der Waals surface area contributed by atoms with E-state index < -0.39 is 6.04 Å². The van der Waals surface area contributed by atoms with Gasteiger partial charge in [-0.15, -0.1) is 0 Å². The number of carbonyl (C=O) groups excluding carboxylic acids is 2. The van der Waals surface area contributed by atoms with Gasteiger partial charge in [0.2, 0.25) is 0 Å². The van der Waals surface area contributed by atoms with Gasteiger partial charge in [-0.05, 0) is 25.0 Å². The van der Waals surface area contributed by atoms with Gasteiger partial charge in [0.05, 0.1) is 12.6 Å². The average molecular weight is 232 g/mol. The number of ketones is 1. The highest BCUT2D eigenvalue weighted by atomic mass is 16.2. The number of carbonyl (C=O) groups is 2. The van der Waals surface area contributed by atoms with Crippen LogP contribution in [-0.4, -0.2) is 35.7 Å². The molecule has 1 aromatic rings. The summed E-state index contributed by atoms with van der Waals surface area (Å²) in [5.74, 6) is -0.139. The van der Waals surface area contributed by atoms with Crippen molar-refractivity contribution in [3.8, 4) is 0 Å². The molecule has 0 aromatic heterocycles. The molecule has 1 saturated heterocycles. The highest BCUT2D eigenvalue weighted by Crippen LogP contribution is 2.11. The minimum absolute atomic E-state index is 0.0493. The summed E-state index contributed by atoms with van der Waals surface area (Å²) in [6, 6.07) is 8.61. The van der Waals surface area contributed by atoms with E-state index in [-0.39, 0.29) is 18.2 Å². The number of Topliss-reactive ketones (excluding diaryl/α,β-unsaturated/α-hetero) is 1. The van der Waals surface area contributed by atoms with E-state index in [4.69, 9.17) is 5.73 Å². The fraction of sp³-hybridized carbons (Fsp3) is 0.385. The summed E-state index contributed by atoms with van der Waals surface area (Å²) < 4.78 is 0. The zero-order valence-electron chi connectivity index (χ0n) is 9.63. The predicted molar refractivity (Wildman–Crippen MR) is 64.6 cm³/mol. The maximum absolute atomic E-state index is 12.1. The van der Waals surface area contributed by atoms with Gasteiger partial charge in [-0.3, -0.25) is 9.59 Å². The number of rotatable bonds is 1. The minimum atomic E-state index is -0.413. The number of hydrogen-bond acceptors (Lipinski definition) is 3. The van der Waals surface area contributed by atoms with Crippen LogP contribution < -0.4 is 5.73 Å². The van der Waals surface area contributed by atoms with E-state index in [1.54, 1.807) is 17.0 Å². The van der Waals surface area contributed by atoms with Gasteiger partial charge < -0.3 is 10.6 Å². The zero-order valence-corrected chi connectivity index (χ0v) is 9.63. The summed E-state index contributed by atoms with van der Waals surface area (Å²) in [6.07, 6.45) is 1.45. The van der Waals surface area contributed by atoms with Crippen LogP contribution >= 0.6 is 0 Å². The predicted octanol–water partition coefficient (Wildman–Crippen LogP) is 0.819. The van der Waals surface area contributed by atoms with E-state index in [1.807, 2.05) is 18.2 Å². The maximum Gasteiger partial charge on any atom is 0.254 e. The van der Waals surface area contributed by atoms with Crippen LogP contribution in [0.1, 0.15) is 23.2 Å². The van der Waals surface area contributed by atoms with E-state index >= 15 is 0 Å². The molecule has 4 heteroatoms. The molecule has 2 rings (SSSR count). The first kappa shape index (κ1) is 11.8. The molecule has 0 bridgehead atoms. The van der Waals surface area contributed by atoms with Crippen LogP contribution in [0, 0.1) is 0 Å². The van der Waals surface area contributed by atoms with Crippen molar-refractivity contribution in [2.24, 2.45) is 5.73 Å². The molecular weight excluding hydrogens is 216 g/mol. The minimum Gasteiger partial charge on any atom is -0.331 e. The summed E-state index contributed by atoms with van der Waals surface area (Å²) in [4.78, 5) is 25.4. The fourth-order valence-corrected chi connectivity index (χ4v) is 1.98. The van der Waals surface area contributed by atoms with Crippen molar-refractivity contribution in [2.75, 3.05) is 13.1 Å². The molecule has 0 saturated carbocycles. The van der Waals surface area contributed by atoms with Crippen LogP contribution in [0.3, 0.4) is 0 Å². The molecule has 0 aliphatic carbocycles. The van der Waals surface area contributed by atoms with Crippen molar-refractivity contribution < 1.29 is 9.59 Å². The number of likely N-dealkylation sites (tertiary alicyclic amines) is 1. The molecule has 1 atom stereocenters. The molecule has 1 heterocycles. The third-order valence-corrected chi connectivity index (χ3v) is 3.01. The van der Waals surface area contributed by atoms with E-state index in [1.165, 1.54) is 0 Å². The summed E-state index contributed by atoms with van der Waals surface area (Å²) >= 11 is 0. The second-order valence-electron chi connectivity index (χ2n) is 4.31. The summed E-state index contributed by atoms with van der Waals surface area (Å²) in [5.41, 5.74) is 6.31. The van der Waals surface area contributed by atoms with Crippen LogP contribution in [0.2, 0.25) is 0 Å². The van der Waals surface area contributed by atoms with Crippen molar-refractivity contribution in [1.82, 2.24) is 4.90 Å². The first-order chi connectivity index (χ1) is 8.18. The molecule has 1 amide bonds. The zero-order chi connectivity index (χ0) is 12.3. The number of nitrogens with zero attached hydrogens (tertiary/aromatic N) is 1. The van der Waals surface area contributed by atoms with Crippen molar-refractivity contribution in [1.29, 1.82) is 0 Å². The monoisotopic (exact) mass is 232 g/mol. The summed E-state index contributed by atoms with van der Waals surface area (Å²) in [7, 11) is 0. The van der Waals surface area contributed by atoms with Crippen LogP contribution in [0.5, 0.6) is 0 Å². The lowest BCUT2D eigenvalue weighted by atomic mass is 10.1. The lowest BCUT2D eigenvalue weighted by molar-refractivity contribution is -0.120. The number of benzene rings is 1. The molecule has 1 fully saturated rings. The van der Waals surface area contributed by atoms with Crippen LogP contribution in [-0.2, 0) is 4.79 Å². The molecular formula is C13H16N2O2. The van der Waals surface area contributed by atoms with Crippen LogP contribution in [0.25, 0.3) is 0 Å². The Balaban J connectivity index is 2.12. The smallest absolute Gasteiger partial charge is 0.254 e. The standard InChI is InChI=1S/C13H16N2O2/c14-11-7-4-8-15(9-12(11)16)13(17)10-5-2-1-3-6-10/h1-3,5-6,11H,4,7-9,14H2. The first-order valence-corrected chi connectivity index (χ1v) is 5.81. The van der Waals surface area contributed by atoms with Gasteiger partial charge in [0.15, 0.2) is 5.78 Å². The van der Waals surface area contributed by atoms with Crippen molar-refractivity contribution >= 4 is 11.7 Å². The van der Waals surface area contributed by atoms with Crippen molar-refractivity contribution in [3.63, 3.8) is 0 Å². The first-order valence-electron chi connectivity index (χ1n) is 5.81. The Bertz CT molecular complexity index is 417. The van der Waals surface area contributed by atoms with Gasteiger partial charge in [-0.25, -0.2) is 0 Å². The molecule has 2 N–H and O–H groups in total. The molecule has 90 valence electrons. The maximum atomic E-state index is 12.1. The third-order valence-electron chi connectivity index (χ3n) is 3.01. The van der Waals surface area contributed by atoms with Gasteiger partial charge in [0.25, 0.3) is 5.91 Å². The fourth-order valence-electron chi connectivity index (χ4n) is 1.98. The van der Waals surface area contributed by atoms with Crippen molar-refractivity contribution in [3.05, 3.63) is 35.9 Å². The second kappa shape index (κ2) is 5.10. The number of nitrogens with two attached hydrogens (primary N) is 1. The third kappa shape index (κ3) is 2.71. The van der Waals surface area contributed by atoms with Gasteiger partial charge in [0, 0.05) is 12.1 Å². The van der Waals surface area contributed by atoms with E-state index in [0.717, 1.165) is 6.42 Å². The normalized spacial score (nSPS) is 21.1. The molecule has 0 spiro atoms. The van der Waals surface area contributed by atoms with E-state index in [9.17, 15) is 9.59 Å². The second-order valence-corrected chi connectivity index (χ2v) is 4.31.